The SMILES string of the molecule is CC/C=C/C/C=C/CCCCCCCC(=O)OCC(COCCC(C(=O)[O-])[N+](C)(C)C)OC(=O)CCCCCCCCCCCCCCCCCCCCC. The lowest BCUT2D eigenvalue weighted by atomic mass is 10.0. The predicted octanol–water partition coefficient (Wildman–Crippen LogP) is 11.1. The highest BCUT2D eigenvalue weighted by Gasteiger charge is 2.25. The Hall–Kier alpha value is -2.19. The third kappa shape index (κ3) is 37.2. The molecule has 0 aromatic carbocycles. The van der Waals surface area contributed by atoms with E-state index < -0.39 is 18.1 Å². The fraction of sp³-hybridized carbons (Fsp3) is 0.851. The highest BCUT2D eigenvalue weighted by atomic mass is 16.6. The number of esters is 2. The number of nitrogens with zero attached hydrogens (tertiary/aromatic N) is 1. The van der Waals surface area contributed by atoms with E-state index in [1.807, 2.05) is 0 Å². The number of aliphatic carboxylic acids is 1. The maximum Gasteiger partial charge on any atom is 0.306 e. The van der Waals surface area contributed by atoms with Gasteiger partial charge in [-0.15, -0.1) is 0 Å². The van der Waals surface area contributed by atoms with E-state index in [0.717, 1.165) is 70.6 Å². The number of carboxylic acids is 1. The molecule has 0 aromatic rings. The van der Waals surface area contributed by atoms with Gasteiger partial charge in [-0.05, 0) is 38.5 Å². The molecule has 0 aliphatic carbocycles. The van der Waals surface area contributed by atoms with Gasteiger partial charge in [0.2, 0.25) is 0 Å². The minimum atomic E-state index is -1.13. The maximum atomic E-state index is 12.7. The molecule has 2 unspecified atom stereocenters. The summed E-state index contributed by atoms with van der Waals surface area (Å²) in [7, 11) is 5.41. The first-order chi connectivity index (χ1) is 26.6. The first-order valence-corrected chi connectivity index (χ1v) is 22.9. The van der Waals surface area contributed by atoms with Crippen LogP contribution in [0.25, 0.3) is 0 Å². The Morgan fingerprint density at radius 2 is 1.02 bits per heavy atom. The van der Waals surface area contributed by atoms with Crippen molar-refractivity contribution in [3.63, 3.8) is 0 Å². The monoisotopic (exact) mass is 778 g/mol. The molecule has 0 saturated heterocycles. The van der Waals surface area contributed by atoms with Gasteiger partial charge in [-0.2, -0.15) is 0 Å². The second-order valence-corrected chi connectivity index (χ2v) is 16.6. The van der Waals surface area contributed by atoms with Crippen LogP contribution in [0.1, 0.15) is 206 Å². The lowest BCUT2D eigenvalue weighted by Gasteiger charge is -2.34. The van der Waals surface area contributed by atoms with Gasteiger partial charge in [-0.3, -0.25) is 9.59 Å². The zero-order valence-corrected chi connectivity index (χ0v) is 36.6. The molecule has 8 nitrogen and oxygen atoms in total. The molecule has 55 heavy (non-hydrogen) atoms. The molecule has 0 spiro atoms. The molecule has 0 bridgehead atoms. The van der Waals surface area contributed by atoms with Crippen LogP contribution in [0.4, 0.5) is 0 Å². The summed E-state index contributed by atoms with van der Waals surface area (Å²) in [5.74, 6) is -1.74. The number of unbranched alkanes of at least 4 members (excludes halogenated alkanes) is 23. The smallest absolute Gasteiger partial charge is 0.306 e. The minimum Gasteiger partial charge on any atom is -0.544 e. The van der Waals surface area contributed by atoms with Crippen LogP contribution in [0.3, 0.4) is 0 Å². The van der Waals surface area contributed by atoms with Crippen molar-refractivity contribution in [3.05, 3.63) is 24.3 Å². The van der Waals surface area contributed by atoms with Crippen molar-refractivity contribution >= 4 is 17.9 Å². The molecule has 8 heteroatoms. The number of carbonyl (C=O) groups is 3. The van der Waals surface area contributed by atoms with Crippen molar-refractivity contribution in [3.8, 4) is 0 Å². The predicted molar refractivity (Wildman–Crippen MR) is 227 cm³/mol. The number of hydrogen-bond donors (Lipinski definition) is 0. The fourth-order valence-electron chi connectivity index (χ4n) is 6.82. The van der Waals surface area contributed by atoms with Crippen molar-refractivity contribution < 1.29 is 38.2 Å². The van der Waals surface area contributed by atoms with Crippen LogP contribution in [0, 0.1) is 0 Å². The van der Waals surface area contributed by atoms with Crippen LogP contribution >= 0.6 is 0 Å². The number of rotatable bonds is 41. The number of hydrogen-bond acceptors (Lipinski definition) is 7. The van der Waals surface area contributed by atoms with E-state index in [4.69, 9.17) is 14.2 Å². The van der Waals surface area contributed by atoms with Gasteiger partial charge in [-0.25, -0.2) is 0 Å². The van der Waals surface area contributed by atoms with E-state index in [-0.39, 0.29) is 42.7 Å². The van der Waals surface area contributed by atoms with Crippen molar-refractivity contribution in [2.45, 2.75) is 219 Å². The largest absolute Gasteiger partial charge is 0.544 e. The van der Waals surface area contributed by atoms with Crippen molar-refractivity contribution in [1.29, 1.82) is 0 Å². The third-order valence-corrected chi connectivity index (χ3v) is 10.4. The molecular formula is C47H87NO7. The first-order valence-electron chi connectivity index (χ1n) is 22.9. The third-order valence-electron chi connectivity index (χ3n) is 10.4. The summed E-state index contributed by atoms with van der Waals surface area (Å²) in [6.45, 7) is 4.56. The minimum absolute atomic E-state index is 0.0401. The number of ether oxygens (including phenoxy) is 3. The summed E-state index contributed by atoms with van der Waals surface area (Å²) in [5.41, 5.74) is 0. The van der Waals surface area contributed by atoms with Crippen LogP contribution in [0.5, 0.6) is 0 Å². The molecule has 2 atom stereocenters. The van der Waals surface area contributed by atoms with Crippen molar-refractivity contribution in [2.75, 3.05) is 41.0 Å². The summed E-state index contributed by atoms with van der Waals surface area (Å²) >= 11 is 0. The quantitative estimate of drug-likeness (QED) is 0.0264. The summed E-state index contributed by atoms with van der Waals surface area (Å²) in [6.07, 6.45) is 42.1. The van der Waals surface area contributed by atoms with Crippen LogP contribution < -0.4 is 5.11 Å². The molecule has 322 valence electrons. The summed E-state index contributed by atoms with van der Waals surface area (Å²) in [6, 6.07) is -0.724. The van der Waals surface area contributed by atoms with Gasteiger partial charge in [0.1, 0.15) is 12.6 Å². The first kappa shape index (κ1) is 52.8. The van der Waals surface area contributed by atoms with E-state index in [0.29, 0.717) is 12.8 Å². The molecule has 0 amide bonds. The fourth-order valence-corrected chi connectivity index (χ4v) is 6.82. The number of likely N-dealkylation sites (N-methyl/N-ethyl adjacent to an activating group) is 1. The zero-order chi connectivity index (χ0) is 40.7. The average Bonchev–Trinajstić information content (AvgIpc) is 3.14. The molecule has 0 N–H and O–H groups in total. The van der Waals surface area contributed by atoms with Gasteiger partial charge in [0.25, 0.3) is 0 Å². The summed E-state index contributed by atoms with van der Waals surface area (Å²) in [4.78, 5) is 36.8. The van der Waals surface area contributed by atoms with E-state index in [1.165, 1.54) is 103 Å². The molecule has 0 aliphatic heterocycles. The van der Waals surface area contributed by atoms with Gasteiger partial charge in [0.05, 0.1) is 40.3 Å². The van der Waals surface area contributed by atoms with Gasteiger partial charge < -0.3 is 28.6 Å². The zero-order valence-electron chi connectivity index (χ0n) is 36.6. The Labute approximate surface area is 339 Å². The standard InChI is InChI=1S/C47H87NO7/c1-6-8-10-12-14-16-18-20-21-22-23-24-25-26-28-30-32-34-36-38-46(50)55-43(41-53-40-39-44(47(51)52)48(3,4)5)42-54-45(49)37-35-33-31-29-27-19-17-15-13-11-9-7-2/h9,11,15,17,43-44H,6-8,10,12-14,16,18-42H2,1-5H3/b11-9+,17-15+. The average molecular weight is 778 g/mol. The Morgan fingerprint density at radius 3 is 1.49 bits per heavy atom. The number of carboxylic acid groups (broad SMARTS) is 1. The molecule has 0 aromatic heterocycles. The molecule has 0 heterocycles. The molecule has 0 aliphatic rings. The van der Waals surface area contributed by atoms with Gasteiger partial charge >= 0.3 is 11.9 Å². The number of carbonyl (C=O) groups excluding carboxylic acids is 3. The van der Waals surface area contributed by atoms with E-state index in [1.54, 1.807) is 21.1 Å². The van der Waals surface area contributed by atoms with Gasteiger partial charge in [0.15, 0.2) is 6.10 Å². The Morgan fingerprint density at radius 1 is 0.564 bits per heavy atom. The lowest BCUT2D eigenvalue weighted by molar-refractivity contribution is -0.889. The van der Waals surface area contributed by atoms with Gasteiger partial charge in [0, 0.05) is 19.3 Å². The highest BCUT2D eigenvalue weighted by molar-refractivity contribution is 5.70. The Balaban J connectivity index is 4.26. The van der Waals surface area contributed by atoms with Crippen LogP contribution in [-0.2, 0) is 28.6 Å². The summed E-state index contributed by atoms with van der Waals surface area (Å²) < 4.78 is 17.2. The lowest BCUT2D eigenvalue weighted by Crippen LogP contribution is -2.55. The normalized spacial score (nSPS) is 13.1. The van der Waals surface area contributed by atoms with Crippen molar-refractivity contribution in [1.82, 2.24) is 0 Å². The topological polar surface area (TPSA) is 102 Å². The molecular weight excluding hydrogens is 691 g/mol. The van der Waals surface area contributed by atoms with Crippen molar-refractivity contribution in [2.24, 2.45) is 0 Å². The van der Waals surface area contributed by atoms with Crippen LogP contribution in [-0.4, -0.2) is 75.5 Å². The highest BCUT2D eigenvalue weighted by Crippen LogP contribution is 2.16. The molecule has 0 fully saturated rings. The van der Waals surface area contributed by atoms with Crippen LogP contribution in [0.15, 0.2) is 24.3 Å². The van der Waals surface area contributed by atoms with Gasteiger partial charge in [-0.1, -0.05) is 173 Å². The second kappa shape index (κ2) is 38.7. The van der Waals surface area contributed by atoms with E-state index >= 15 is 0 Å². The molecule has 0 rings (SSSR count). The number of allylic oxidation sites excluding steroid dienone is 4. The Kier molecular flexibility index (Phi) is 37.1. The summed E-state index contributed by atoms with van der Waals surface area (Å²) in [5, 5.41) is 11.6. The number of quaternary nitrogens is 1. The van der Waals surface area contributed by atoms with Crippen LogP contribution in [0.2, 0.25) is 0 Å². The van der Waals surface area contributed by atoms with E-state index in [9.17, 15) is 19.5 Å². The molecule has 0 saturated carbocycles. The second-order valence-electron chi connectivity index (χ2n) is 16.6. The van der Waals surface area contributed by atoms with E-state index in [2.05, 4.69) is 38.2 Å². The maximum absolute atomic E-state index is 12.7. The molecule has 0 radical (unpaired) electrons. The Bertz CT molecular complexity index is 957.